The van der Waals surface area contributed by atoms with Gasteiger partial charge in [-0.3, -0.25) is 0 Å². The first-order valence-corrected chi connectivity index (χ1v) is 12.3. The Kier molecular flexibility index (Phi) is 6.47. The number of hydrogen-bond donors (Lipinski definition) is 1. The summed E-state index contributed by atoms with van der Waals surface area (Å²) in [5, 5.41) is 10.4. The molecule has 0 unspecified atom stereocenters. The third-order valence-electron chi connectivity index (χ3n) is 5.71. The Morgan fingerprint density at radius 3 is 0.935 bits per heavy atom. The second-order valence-corrected chi connectivity index (χ2v) is 13.0. The predicted molar refractivity (Wildman–Crippen MR) is 134 cm³/mol. The third-order valence-corrected chi connectivity index (χ3v) is 7.94. The summed E-state index contributed by atoms with van der Waals surface area (Å²) in [6, 6.07) is 26.7. The maximum Gasteiger partial charge on any atom is 0.166 e. The zero-order valence-electron chi connectivity index (χ0n) is 20.3. The van der Waals surface area contributed by atoms with Crippen LogP contribution in [0, 0.1) is 0 Å². The molecule has 3 aromatic rings. The Labute approximate surface area is 191 Å². The van der Waals surface area contributed by atoms with E-state index in [0.717, 1.165) is 5.56 Å². The fraction of sp³-hybridized carbons (Fsp3) is 0.379. The summed E-state index contributed by atoms with van der Waals surface area (Å²) in [5.41, 5.74) is 3.08. The molecule has 0 aliphatic carbocycles. The van der Waals surface area contributed by atoms with Crippen molar-refractivity contribution in [1.29, 1.82) is 0 Å². The fourth-order valence-corrected chi connectivity index (χ4v) is 5.63. The van der Waals surface area contributed by atoms with Gasteiger partial charge in [0, 0.05) is 0 Å². The van der Waals surface area contributed by atoms with Crippen molar-refractivity contribution in [2.75, 3.05) is 0 Å². The second kappa shape index (κ2) is 8.48. The van der Waals surface area contributed by atoms with Crippen LogP contribution in [0.1, 0.15) is 72.1 Å². The van der Waals surface area contributed by atoms with E-state index < -0.39 is 5.60 Å². The van der Waals surface area contributed by atoms with Crippen LogP contribution in [0.2, 0.25) is 0 Å². The number of aliphatic hydroxyl groups is 1. The second-order valence-electron chi connectivity index (χ2n) is 10.9. The van der Waals surface area contributed by atoms with E-state index in [1.54, 1.807) is 0 Å². The maximum absolute atomic E-state index is 10.4. The first kappa shape index (κ1) is 23.6. The lowest BCUT2D eigenvalue weighted by Gasteiger charge is -2.20. The molecule has 0 fully saturated rings. The van der Waals surface area contributed by atoms with E-state index in [-0.39, 0.29) is 21.7 Å². The summed E-state index contributed by atoms with van der Waals surface area (Å²) in [6.07, 6.45) is 0. The normalized spacial score (nSPS) is 13.0. The van der Waals surface area contributed by atoms with Crippen molar-refractivity contribution >= 4 is 10.9 Å². The lowest BCUT2D eigenvalue weighted by atomic mass is 9.87. The molecule has 0 heterocycles. The Morgan fingerprint density at radius 1 is 0.452 bits per heavy atom. The van der Waals surface area contributed by atoms with Crippen LogP contribution in [-0.4, -0.2) is 5.11 Å². The molecule has 31 heavy (non-hydrogen) atoms. The van der Waals surface area contributed by atoms with Gasteiger partial charge >= 0.3 is 0 Å². The average molecular weight is 434 g/mol. The van der Waals surface area contributed by atoms with E-state index in [1.165, 1.54) is 25.8 Å². The quantitative estimate of drug-likeness (QED) is 0.420. The molecule has 2 heteroatoms. The van der Waals surface area contributed by atoms with Crippen LogP contribution in [0.3, 0.4) is 0 Å². The zero-order chi connectivity index (χ0) is 23.0. The molecule has 1 N–H and O–H groups in total. The molecule has 3 aromatic carbocycles. The molecule has 3 rings (SSSR count). The van der Waals surface area contributed by atoms with Crippen LogP contribution in [0.25, 0.3) is 0 Å². The molecule has 0 bridgehead atoms. The third kappa shape index (κ3) is 5.61. The number of benzene rings is 3. The Morgan fingerprint density at radius 2 is 0.710 bits per heavy atom. The molecular formula is C29H37OS+. The van der Waals surface area contributed by atoms with Crippen LogP contribution < -0.4 is 0 Å². The highest BCUT2D eigenvalue weighted by atomic mass is 32.2. The first-order valence-electron chi connectivity index (χ1n) is 11.1. The summed E-state index contributed by atoms with van der Waals surface area (Å²) in [7, 11) is -0.201. The summed E-state index contributed by atoms with van der Waals surface area (Å²) in [5.74, 6) is 0. The lowest BCUT2D eigenvalue weighted by molar-refractivity contribution is 0.0785. The summed E-state index contributed by atoms with van der Waals surface area (Å²) in [4.78, 5) is 3.89. The van der Waals surface area contributed by atoms with Crippen molar-refractivity contribution in [3.8, 4) is 0 Å². The molecule has 1 nitrogen and oxygen atoms in total. The summed E-state index contributed by atoms with van der Waals surface area (Å²) < 4.78 is 0. The Balaban J connectivity index is 2.08. The Bertz CT molecular complexity index is 857. The van der Waals surface area contributed by atoms with Crippen molar-refractivity contribution in [3.05, 3.63) is 89.5 Å². The fourth-order valence-electron chi connectivity index (χ4n) is 3.59. The zero-order valence-corrected chi connectivity index (χ0v) is 21.1. The van der Waals surface area contributed by atoms with Gasteiger partial charge < -0.3 is 5.11 Å². The number of hydrogen-bond acceptors (Lipinski definition) is 1. The van der Waals surface area contributed by atoms with Gasteiger partial charge in [0.2, 0.25) is 0 Å². The molecule has 0 aromatic heterocycles. The van der Waals surface area contributed by atoms with Crippen molar-refractivity contribution in [2.24, 2.45) is 0 Å². The SMILES string of the molecule is CC(C)(C)c1ccc([S+](c2ccc(C(C)(C)C)cc2)c2ccc(C(C)(C)O)cc2)cc1. The molecule has 0 spiro atoms. The first-order chi connectivity index (χ1) is 14.3. The smallest absolute Gasteiger partial charge is 0.166 e. The van der Waals surface area contributed by atoms with Gasteiger partial charge in [0.05, 0.1) is 16.5 Å². The van der Waals surface area contributed by atoms with E-state index in [4.69, 9.17) is 0 Å². The molecular weight excluding hydrogens is 396 g/mol. The minimum atomic E-state index is -0.833. The standard InChI is InChI=1S/C29H37OS/c1-27(2,3)21-9-15-24(16-10-21)31(25-17-11-22(12-18-25)28(4,5)6)26-19-13-23(14-20-26)29(7,8)30/h9-20,30H,1-8H3/q+1. The van der Waals surface area contributed by atoms with E-state index in [2.05, 4.69) is 114 Å². The Hall–Kier alpha value is -2.03. The minimum Gasteiger partial charge on any atom is -0.386 e. The molecule has 0 saturated carbocycles. The van der Waals surface area contributed by atoms with E-state index in [0.29, 0.717) is 0 Å². The van der Waals surface area contributed by atoms with Crippen LogP contribution >= 0.6 is 0 Å². The van der Waals surface area contributed by atoms with Crippen molar-refractivity contribution in [1.82, 2.24) is 0 Å². The van der Waals surface area contributed by atoms with Crippen molar-refractivity contribution in [2.45, 2.75) is 86.5 Å². The van der Waals surface area contributed by atoms with Gasteiger partial charge in [-0.25, -0.2) is 0 Å². The topological polar surface area (TPSA) is 20.2 Å². The van der Waals surface area contributed by atoms with Crippen molar-refractivity contribution < 1.29 is 5.11 Å². The molecule has 0 radical (unpaired) electrons. The van der Waals surface area contributed by atoms with Gasteiger partial charge in [0.1, 0.15) is 0 Å². The average Bonchev–Trinajstić information content (AvgIpc) is 2.67. The van der Waals surface area contributed by atoms with Gasteiger partial charge in [-0.05, 0) is 77.8 Å². The van der Waals surface area contributed by atoms with E-state index in [1.807, 2.05) is 13.8 Å². The van der Waals surface area contributed by atoms with Crippen LogP contribution in [0.5, 0.6) is 0 Å². The molecule has 0 saturated heterocycles. The predicted octanol–water partition coefficient (Wildman–Crippen LogP) is 7.60. The molecule has 0 aliphatic rings. The van der Waals surface area contributed by atoms with Gasteiger partial charge in [-0.15, -0.1) is 0 Å². The minimum absolute atomic E-state index is 0.139. The largest absolute Gasteiger partial charge is 0.386 e. The van der Waals surface area contributed by atoms with Crippen LogP contribution in [0.15, 0.2) is 87.5 Å². The number of rotatable bonds is 4. The van der Waals surface area contributed by atoms with Gasteiger partial charge in [-0.1, -0.05) is 77.9 Å². The lowest BCUT2D eigenvalue weighted by Crippen LogP contribution is -2.16. The van der Waals surface area contributed by atoms with Gasteiger partial charge in [0.25, 0.3) is 0 Å². The maximum atomic E-state index is 10.4. The van der Waals surface area contributed by atoms with Gasteiger partial charge in [0.15, 0.2) is 14.7 Å². The van der Waals surface area contributed by atoms with E-state index >= 15 is 0 Å². The highest BCUT2D eigenvalue weighted by molar-refractivity contribution is 7.97. The van der Waals surface area contributed by atoms with Gasteiger partial charge in [-0.2, -0.15) is 0 Å². The molecule has 0 atom stereocenters. The monoisotopic (exact) mass is 433 g/mol. The highest BCUT2D eigenvalue weighted by Crippen LogP contribution is 2.35. The summed E-state index contributed by atoms with van der Waals surface area (Å²) in [6.45, 7) is 17.2. The summed E-state index contributed by atoms with van der Waals surface area (Å²) >= 11 is 0. The van der Waals surface area contributed by atoms with Crippen molar-refractivity contribution in [3.63, 3.8) is 0 Å². The van der Waals surface area contributed by atoms with Crippen LogP contribution in [-0.2, 0) is 27.3 Å². The van der Waals surface area contributed by atoms with Crippen LogP contribution in [0.4, 0.5) is 0 Å². The molecule has 0 aliphatic heterocycles. The van der Waals surface area contributed by atoms with E-state index in [9.17, 15) is 5.11 Å². The molecule has 164 valence electrons. The highest BCUT2D eigenvalue weighted by Gasteiger charge is 2.30. The molecule has 0 amide bonds.